The van der Waals surface area contributed by atoms with Gasteiger partial charge in [-0.25, -0.2) is 9.59 Å². The second-order valence-electron chi connectivity index (χ2n) is 14.1. The fourth-order valence-corrected chi connectivity index (χ4v) is 24.3. The van der Waals surface area contributed by atoms with Gasteiger partial charge in [0.2, 0.25) is 0 Å². The third-order valence-electron chi connectivity index (χ3n) is 6.68. The van der Waals surface area contributed by atoms with Crippen molar-refractivity contribution in [2.45, 2.75) is 109 Å². The Morgan fingerprint density at radius 2 is 1.08 bits per heavy atom. The monoisotopic (exact) mass is 784 g/mol. The van der Waals surface area contributed by atoms with E-state index in [4.69, 9.17) is 46.6 Å². The second kappa shape index (κ2) is 26.4. The van der Waals surface area contributed by atoms with E-state index in [9.17, 15) is 14.7 Å². The molecule has 0 aliphatic carbocycles. The van der Waals surface area contributed by atoms with Crippen LogP contribution in [0.5, 0.6) is 0 Å². The molecule has 0 aromatic heterocycles. The molecule has 3 atom stereocenters. The minimum absolute atomic E-state index is 0.0739. The number of ether oxygens (including phenoxy) is 4. The normalized spacial score (nSPS) is 14.4. The predicted molar refractivity (Wildman–Crippen MR) is 205 cm³/mol. The van der Waals surface area contributed by atoms with Crippen LogP contribution in [0.2, 0.25) is 64.0 Å². The number of carbonyl (C=O) groups is 2. The molecule has 50 heavy (non-hydrogen) atoms. The molecule has 0 aromatic rings. The summed E-state index contributed by atoms with van der Waals surface area (Å²) in [7, 11) is -9.71. The van der Waals surface area contributed by atoms with Gasteiger partial charge in [0.25, 0.3) is 0 Å². The Bertz CT molecular complexity index is 1010. The van der Waals surface area contributed by atoms with E-state index in [1.165, 1.54) is 0 Å². The number of rotatable bonds is 28. The molecule has 3 unspecified atom stereocenters. The number of carbonyl (C=O) groups excluding carboxylic acids is 2. The van der Waals surface area contributed by atoms with Gasteiger partial charge >= 0.3 is 29.1 Å². The van der Waals surface area contributed by atoms with Crippen LogP contribution in [0.1, 0.15) is 33.1 Å². The van der Waals surface area contributed by atoms with Crippen molar-refractivity contribution in [1.29, 1.82) is 0 Å². The van der Waals surface area contributed by atoms with Gasteiger partial charge in [-0.15, -0.1) is 6.58 Å². The molecule has 4 N–H and O–H groups in total. The van der Waals surface area contributed by atoms with Crippen molar-refractivity contribution < 1.29 is 61.3 Å². The van der Waals surface area contributed by atoms with Crippen molar-refractivity contribution in [2.75, 3.05) is 52.9 Å². The zero-order valence-corrected chi connectivity index (χ0v) is 36.2. The Hall–Kier alpha value is -1.33. The average Bonchev–Trinajstić information content (AvgIpc) is 2.99. The lowest BCUT2D eigenvalue weighted by Crippen LogP contribution is -2.57. The molecule has 0 aliphatic heterocycles. The van der Waals surface area contributed by atoms with Gasteiger partial charge in [0.1, 0.15) is 12.2 Å². The molecule has 0 aromatic carbocycles. The molecule has 0 saturated carbocycles. The molecule has 0 aliphatic rings. The van der Waals surface area contributed by atoms with Crippen LogP contribution in [-0.2, 0) is 40.9 Å². The summed E-state index contributed by atoms with van der Waals surface area (Å²) in [6.07, 6.45) is 2.02. The highest BCUT2D eigenvalue weighted by molar-refractivity contribution is 6.89. The summed E-state index contributed by atoms with van der Waals surface area (Å²) in [5.41, 5.74) is 0.768. The molecule has 0 spiro atoms. The van der Waals surface area contributed by atoms with E-state index in [1.54, 1.807) is 19.9 Å². The van der Waals surface area contributed by atoms with E-state index < -0.39 is 46.0 Å². The molecule has 13 nitrogen and oxygen atoms in total. The Morgan fingerprint density at radius 3 is 1.50 bits per heavy atom. The first kappa shape index (κ1) is 50.8. The number of hydrogen-bond donors (Lipinski definition) is 4. The lowest BCUT2D eigenvalue weighted by atomic mass is 10.4. The molecule has 0 saturated heterocycles. The van der Waals surface area contributed by atoms with Crippen molar-refractivity contribution in [2.24, 2.45) is 0 Å². The maximum atomic E-state index is 11.7. The van der Waals surface area contributed by atoms with Crippen molar-refractivity contribution in [3.05, 3.63) is 37.0 Å². The predicted octanol–water partition coefficient (Wildman–Crippen LogP) is 4.54. The van der Waals surface area contributed by atoms with Crippen molar-refractivity contribution in [3.8, 4) is 0 Å². The third-order valence-corrected chi connectivity index (χ3v) is 22.9. The van der Waals surface area contributed by atoms with Crippen LogP contribution in [-0.4, -0.2) is 131 Å². The minimum Gasteiger partial charge on any atom is -0.462 e. The van der Waals surface area contributed by atoms with Gasteiger partial charge in [0.15, 0.2) is 16.6 Å². The molecule has 0 radical (unpaired) electrons. The summed E-state index contributed by atoms with van der Waals surface area (Å²) in [4.78, 5) is 23.4. The summed E-state index contributed by atoms with van der Waals surface area (Å²) in [5, 5.41) is 35.5. The summed E-state index contributed by atoms with van der Waals surface area (Å²) in [5.74, 6) is -0.761. The maximum Gasteiger partial charge on any atom is 0.333 e. The highest BCUT2D eigenvalue weighted by Gasteiger charge is 2.45. The molecule has 294 valence electrons. The van der Waals surface area contributed by atoms with E-state index in [2.05, 4.69) is 65.6 Å². The number of esters is 2. The topological polar surface area (TPSA) is 180 Å². The number of hydrogen-bond acceptors (Lipinski definition) is 13. The quantitative estimate of drug-likeness (QED) is 0.0286. The fourth-order valence-electron chi connectivity index (χ4n) is 4.70. The molecule has 0 amide bonds. The van der Waals surface area contributed by atoms with Gasteiger partial charge in [-0.3, -0.25) is 0 Å². The van der Waals surface area contributed by atoms with Gasteiger partial charge in [0.05, 0.1) is 46.2 Å². The molecule has 0 bridgehead atoms. The zero-order chi connectivity index (χ0) is 39.0. The summed E-state index contributed by atoms with van der Waals surface area (Å²) < 4.78 is 41.3. The van der Waals surface area contributed by atoms with E-state index in [0.29, 0.717) is 62.9 Å². The minimum atomic E-state index is -2.74. The Morgan fingerprint density at radius 1 is 0.660 bits per heavy atom. The summed E-state index contributed by atoms with van der Waals surface area (Å²) in [6, 6.07) is 2.30. The van der Waals surface area contributed by atoms with Gasteiger partial charge in [0, 0.05) is 17.8 Å². The van der Waals surface area contributed by atoms with Crippen LogP contribution in [0.3, 0.4) is 0 Å². The van der Waals surface area contributed by atoms with E-state index in [0.717, 1.165) is 12.1 Å². The SMILES string of the molecule is C=C(C)C(=O)OCCC[Si](C)(C)O[Si](C)(C)O[Si](C)(CCCOCC(O)CO)O[Si](C)(C)CCCOC(=O)C(=C)C.C=CCOCC(O)CO. The van der Waals surface area contributed by atoms with Gasteiger partial charge in [-0.1, -0.05) is 19.2 Å². The maximum absolute atomic E-state index is 11.7. The molecule has 0 heterocycles. The number of aliphatic hydroxyl groups excluding tert-OH is 4. The fraction of sp³-hybridized carbons (Fsp3) is 0.758. The smallest absolute Gasteiger partial charge is 0.333 e. The van der Waals surface area contributed by atoms with Gasteiger partial charge < -0.3 is 51.7 Å². The first-order valence-corrected chi connectivity index (χ1v) is 28.7. The highest BCUT2D eigenvalue weighted by atomic mass is 28.5. The molecular formula is C33H68O13Si4. The van der Waals surface area contributed by atoms with E-state index in [1.807, 2.05) is 0 Å². The summed E-state index contributed by atoms with van der Waals surface area (Å²) in [6.45, 7) is 29.8. The Kier molecular flexibility index (Phi) is 26.8. The second-order valence-corrected chi connectivity index (χ2v) is 30.1. The Balaban J connectivity index is 0. The van der Waals surface area contributed by atoms with Gasteiger partial charge in [-0.2, -0.15) is 0 Å². The van der Waals surface area contributed by atoms with Crippen LogP contribution in [0.4, 0.5) is 0 Å². The standard InChI is InChI=1S/C27H56O10Si4.C6H12O3/c1-23(2)26(30)33-16-13-18-38(5,6)35-40(9,10)37-41(11,20-12-15-32-22-25(29)21-28)36-39(7,8)19-14-17-34-27(31)24(3)4;1-2-3-9-5-6(8)4-7/h25,28-29H,1,3,12-22H2,2,4-11H3;2,6-8H,1,3-5H2. The Labute approximate surface area is 305 Å². The lowest BCUT2D eigenvalue weighted by molar-refractivity contribution is -0.139. The first-order valence-electron chi connectivity index (χ1n) is 17.1. The average molecular weight is 785 g/mol. The van der Waals surface area contributed by atoms with Crippen molar-refractivity contribution >= 4 is 45.7 Å². The number of aliphatic hydroxyl groups is 4. The van der Waals surface area contributed by atoms with Crippen LogP contribution < -0.4 is 0 Å². The zero-order valence-electron chi connectivity index (χ0n) is 32.2. The largest absolute Gasteiger partial charge is 0.462 e. The molecule has 17 heteroatoms. The highest BCUT2D eigenvalue weighted by Crippen LogP contribution is 2.30. The van der Waals surface area contributed by atoms with Crippen LogP contribution in [0, 0.1) is 0 Å². The summed E-state index contributed by atoms with van der Waals surface area (Å²) >= 11 is 0. The lowest BCUT2D eigenvalue weighted by Gasteiger charge is -2.42. The molecular weight excluding hydrogens is 717 g/mol. The van der Waals surface area contributed by atoms with Crippen molar-refractivity contribution in [3.63, 3.8) is 0 Å². The van der Waals surface area contributed by atoms with Crippen LogP contribution in [0.15, 0.2) is 37.0 Å². The van der Waals surface area contributed by atoms with Crippen molar-refractivity contribution in [1.82, 2.24) is 0 Å². The van der Waals surface area contributed by atoms with Gasteiger partial charge in [-0.05, 0) is 97.1 Å². The molecule has 0 rings (SSSR count). The first-order chi connectivity index (χ1) is 23.0. The van der Waals surface area contributed by atoms with Crippen LogP contribution >= 0.6 is 0 Å². The van der Waals surface area contributed by atoms with E-state index in [-0.39, 0.29) is 38.4 Å². The van der Waals surface area contributed by atoms with Crippen LogP contribution in [0.25, 0.3) is 0 Å². The third kappa shape index (κ3) is 28.3. The molecule has 0 fully saturated rings. The van der Waals surface area contributed by atoms with E-state index >= 15 is 0 Å².